The van der Waals surface area contributed by atoms with Crippen LogP contribution in [0.3, 0.4) is 0 Å². The van der Waals surface area contributed by atoms with Gasteiger partial charge in [0.05, 0.1) is 0 Å². The molecule has 0 saturated heterocycles. The van der Waals surface area contributed by atoms with Gasteiger partial charge in [-0.05, 0) is 55.9 Å². The van der Waals surface area contributed by atoms with E-state index in [1.54, 1.807) is 11.0 Å². The second kappa shape index (κ2) is 8.26. The van der Waals surface area contributed by atoms with E-state index in [1.165, 1.54) is 19.0 Å². The average molecular weight is 406 g/mol. The van der Waals surface area contributed by atoms with Crippen molar-refractivity contribution in [1.82, 2.24) is 20.5 Å². The first-order chi connectivity index (χ1) is 14.5. The van der Waals surface area contributed by atoms with Crippen LogP contribution in [0.5, 0.6) is 0 Å². The summed E-state index contributed by atoms with van der Waals surface area (Å²) in [6, 6.07) is 7.32. The van der Waals surface area contributed by atoms with E-state index in [2.05, 4.69) is 15.6 Å². The number of rotatable bonds is 7. The summed E-state index contributed by atoms with van der Waals surface area (Å²) in [4.78, 5) is 43.4. The van der Waals surface area contributed by atoms with E-state index in [4.69, 9.17) is 0 Å². The highest BCUT2D eigenvalue weighted by Crippen LogP contribution is 2.28. The summed E-state index contributed by atoms with van der Waals surface area (Å²) >= 11 is 0. The Morgan fingerprint density at radius 2 is 1.97 bits per heavy atom. The first-order valence-corrected chi connectivity index (χ1v) is 10.4. The van der Waals surface area contributed by atoms with E-state index in [1.807, 2.05) is 32.0 Å². The molecule has 1 aliphatic heterocycles. The number of hydrogen-bond acceptors (Lipinski definition) is 4. The molecule has 0 spiro atoms. The van der Waals surface area contributed by atoms with E-state index in [0.29, 0.717) is 47.9 Å². The molecule has 2 aromatic rings. The Hall–Kier alpha value is -3.22. The van der Waals surface area contributed by atoms with Crippen LogP contribution < -0.4 is 10.6 Å². The third kappa shape index (κ3) is 4.06. The summed E-state index contributed by atoms with van der Waals surface area (Å²) in [6.45, 7) is 5.75. The summed E-state index contributed by atoms with van der Waals surface area (Å²) in [5.74, 6) is 0.214. The fourth-order valence-corrected chi connectivity index (χ4v) is 3.81. The third-order valence-corrected chi connectivity index (χ3v) is 5.63. The zero-order valence-corrected chi connectivity index (χ0v) is 17.3. The van der Waals surface area contributed by atoms with Crippen LogP contribution in [0.15, 0.2) is 30.5 Å². The van der Waals surface area contributed by atoms with Gasteiger partial charge in [-0.3, -0.25) is 19.4 Å². The number of nitrogens with zero attached hydrogens (tertiary/aromatic N) is 2. The van der Waals surface area contributed by atoms with E-state index >= 15 is 0 Å². The van der Waals surface area contributed by atoms with Crippen molar-refractivity contribution >= 4 is 17.7 Å². The fraction of sp³-hybridized carbons (Fsp3) is 0.391. The number of amides is 3. The second-order valence-corrected chi connectivity index (χ2v) is 8.01. The van der Waals surface area contributed by atoms with Gasteiger partial charge in [0.15, 0.2) is 0 Å². The van der Waals surface area contributed by atoms with E-state index < -0.39 is 0 Å². The molecule has 7 heteroatoms. The number of carbonyl (C=O) groups excluding carboxylic acids is 3. The SMILES string of the molecule is CCNC(=O)c1nccc2c1CN(Cc1ccc(C(=O)NCC3CC3)c(C)c1)C2=O. The second-order valence-electron chi connectivity index (χ2n) is 8.01. The molecule has 1 aromatic carbocycles. The molecular formula is C23H26N4O3. The molecule has 1 fully saturated rings. The summed E-state index contributed by atoms with van der Waals surface area (Å²) in [6.07, 6.45) is 3.90. The molecular weight excluding hydrogens is 380 g/mol. The first-order valence-electron chi connectivity index (χ1n) is 10.4. The lowest BCUT2D eigenvalue weighted by atomic mass is 10.0. The monoisotopic (exact) mass is 406 g/mol. The standard InChI is InChI=1S/C23H26N4O3/c1-3-24-22(29)20-19-13-27(23(30)18(19)8-9-25-20)12-16-6-7-17(14(2)10-16)21(28)26-11-15-4-5-15/h6-10,15H,3-5,11-13H2,1-2H3,(H,24,29)(H,26,28). The Balaban J connectivity index is 1.47. The van der Waals surface area contributed by atoms with Crippen LogP contribution in [0.4, 0.5) is 0 Å². The number of aryl methyl sites for hydroxylation is 1. The van der Waals surface area contributed by atoms with Gasteiger partial charge in [-0.15, -0.1) is 0 Å². The van der Waals surface area contributed by atoms with Gasteiger partial charge in [0.1, 0.15) is 5.69 Å². The van der Waals surface area contributed by atoms with E-state index in [0.717, 1.165) is 17.7 Å². The van der Waals surface area contributed by atoms with Gasteiger partial charge in [-0.2, -0.15) is 0 Å². The highest BCUT2D eigenvalue weighted by Gasteiger charge is 2.31. The fourth-order valence-electron chi connectivity index (χ4n) is 3.81. The molecule has 1 saturated carbocycles. The Bertz CT molecular complexity index is 1010. The van der Waals surface area contributed by atoms with Crippen molar-refractivity contribution in [2.24, 2.45) is 5.92 Å². The van der Waals surface area contributed by atoms with Crippen molar-refractivity contribution in [3.05, 3.63) is 64.0 Å². The van der Waals surface area contributed by atoms with Gasteiger partial charge in [0, 0.05) is 49.1 Å². The van der Waals surface area contributed by atoms with Crippen LogP contribution in [-0.4, -0.2) is 40.7 Å². The molecule has 7 nitrogen and oxygen atoms in total. The van der Waals surface area contributed by atoms with Gasteiger partial charge in [0.25, 0.3) is 17.7 Å². The molecule has 4 rings (SSSR count). The molecule has 2 heterocycles. The molecule has 2 aliphatic rings. The van der Waals surface area contributed by atoms with Crippen molar-refractivity contribution in [1.29, 1.82) is 0 Å². The molecule has 3 amide bonds. The predicted octanol–water partition coefficient (Wildman–Crippen LogP) is 2.44. The van der Waals surface area contributed by atoms with Crippen molar-refractivity contribution in [3.8, 4) is 0 Å². The summed E-state index contributed by atoms with van der Waals surface area (Å²) in [5, 5.41) is 5.74. The van der Waals surface area contributed by atoms with E-state index in [-0.39, 0.29) is 17.7 Å². The van der Waals surface area contributed by atoms with Gasteiger partial charge >= 0.3 is 0 Å². The number of aromatic nitrogens is 1. The highest BCUT2D eigenvalue weighted by molar-refractivity contribution is 6.03. The quantitative estimate of drug-likeness (QED) is 0.739. The number of benzene rings is 1. The summed E-state index contributed by atoms with van der Waals surface area (Å²) in [5.41, 5.74) is 4.00. The first kappa shape index (κ1) is 20.1. The maximum Gasteiger partial charge on any atom is 0.270 e. The lowest BCUT2D eigenvalue weighted by Gasteiger charge is -2.17. The van der Waals surface area contributed by atoms with Crippen LogP contribution in [0.25, 0.3) is 0 Å². The summed E-state index contributed by atoms with van der Waals surface area (Å²) in [7, 11) is 0. The van der Waals surface area contributed by atoms with Crippen molar-refractivity contribution in [2.45, 2.75) is 39.8 Å². The lowest BCUT2D eigenvalue weighted by Crippen LogP contribution is -2.27. The number of nitrogens with one attached hydrogen (secondary N) is 2. The molecule has 0 radical (unpaired) electrons. The largest absolute Gasteiger partial charge is 0.352 e. The molecule has 1 aliphatic carbocycles. The van der Waals surface area contributed by atoms with Crippen LogP contribution in [-0.2, 0) is 13.1 Å². The molecule has 156 valence electrons. The summed E-state index contributed by atoms with van der Waals surface area (Å²) < 4.78 is 0. The smallest absolute Gasteiger partial charge is 0.270 e. The molecule has 1 aromatic heterocycles. The predicted molar refractivity (Wildman–Crippen MR) is 112 cm³/mol. The van der Waals surface area contributed by atoms with E-state index in [9.17, 15) is 14.4 Å². The minimum atomic E-state index is -0.263. The Labute approximate surface area is 175 Å². The zero-order chi connectivity index (χ0) is 21.3. The van der Waals surface area contributed by atoms with Crippen LogP contribution in [0.1, 0.15) is 67.7 Å². The number of pyridine rings is 1. The maximum absolute atomic E-state index is 12.9. The Morgan fingerprint density at radius 3 is 2.67 bits per heavy atom. The maximum atomic E-state index is 12.9. The highest BCUT2D eigenvalue weighted by atomic mass is 16.2. The minimum absolute atomic E-state index is 0.0479. The average Bonchev–Trinajstić information content (AvgIpc) is 3.50. The topological polar surface area (TPSA) is 91.4 Å². The van der Waals surface area contributed by atoms with Crippen molar-refractivity contribution < 1.29 is 14.4 Å². The Kier molecular flexibility index (Phi) is 5.53. The van der Waals surface area contributed by atoms with Crippen LogP contribution >= 0.6 is 0 Å². The minimum Gasteiger partial charge on any atom is -0.352 e. The van der Waals surface area contributed by atoms with Gasteiger partial charge in [-0.1, -0.05) is 12.1 Å². The van der Waals surface area contributed by atoms with Gasteiger partial charge in [-0.25, -0.2) is 0 Å². The zero-order valence-electron chi connectivity index (χ0n) is 17.3. The molecule has 0 atom stereocenters. The molecule has 30 heavy (non-hydrogen) atoms. The number of hydrogen-bond donors (Lipinski definition) is 2. The van der Waals surface area contributed by atoms with Crippen LogP contribution in [0.2, 0.25) is 0 Å². The van der Waals surface area contributed by atoms with Crippen molar-refractivity contribution in [3.63, 3.8) is 0 Å². The third-order valence-electron chi connectivity index (χ3n) is 5.63. The number of carbonyl (C=O) groups is 3. The van der Waals surface area contributed by atoms with Crippen molar-refractivity contribution in [2.75, 3.05) is 13.1 Å². The molecule has 0 unspecified atom stereocenters. The van der Waals surface area contributed by atoms with Gasteiger partial charge in [0.2, 0.25) is 0 Å². The Morgan fingerprint density at radius 1 is 1.17 bits per heavy atom. The molecule has 2 N–H and O–H groups in total. The van der Waals surface area contributed by atoms with Gasteiger partial charge < -0.3 is 15.5 Å². The molecule has 0 bridgehead atoms. The lowest BCUT2D eigenvalue weighted by molar-refractivity contribution is 0.0765. The number of fused-ring (bicyclic) bond motifs is 1. The normalized spacial score (nSPS) is 15.1. The van der Waals surface area contributed by atoms with Crippen LogP contribution in [0, 0.1) is 12.8 Å².